The molecular formula is C29H27ClN4S2. The Morgan fingerprint density at radius 1 is 1.17 bits per heavy atom. The summed E-state index contributed by atoms with van der Waals surface area (Å²) in [7, 11) is 2.07. The fourth-order valence-corrected chi connectivity index (χ4v) is 6.68. The summed E-state index contributed by atoms with van der Waals surface area (Å²) in [5.41, 5.74) is 4.61. The standard InChI is InChI=1S/C29H27ClN4S2/c1-5-34-21(3)28(29-33(4)25-14-13-24(30)16-26(25)35-29)36-27(34)15-20(2)11-12-23(17-31)19-32-18-22-9-7-6-8-10-22/h6-16,19,32H,2-3,5,18H2,1,4H3/b12-11-,23-19+,27-15-,29-28+. The summed E-state index contributed by atoms with van der Waals surface area (Å²) >= 11 is 9.63. The van der Waals surface area contributed by atoms with Gasteiger partial charge in [0.2, 0.25) is 0 Å². The molecule has 0 saturated carbocycles. The van der Waals surface area contributed by atoms with Crippen LogP contribution in [-0.4, -0.2) is 18.5 Å². The van der Waals surface area contributed by atoms with Crippen LogP contribution in [0.15, 0.2) is 123 Å². The normalized spacial score (nSPS) is 18.8. The van der Waals surface area contributed by atoms with Gasteiger partial charge >= 0.3 is 0 Å². The van der Waals surface area contributed by atoms with Gasteiger partial charge in [-0.05, 0) is 48.4 Å². The summed E-state index contributed by atoms with van der Waals surface area (Å²) in [4.78, 5) is 6.66. The van der Waals surface area contributed by atoms with E-state index in [0.717, 1.165) is 53.9 Å². The largest absolute Gasteiger partial charge is 0.386 e. The summed E-state index contributed by atoms with van der Waals surface area (Å²) in [6.07, 6.45) is 7.42. The average molecular weight is 531 g/mol. The molecule has 0 unspecified atom stereocenters. The van der Waals surface area contributed by atoms with Crippen LogP contribution in [0, 0.1) is 11.3 Å². The molecule has 1 N–H and O–H groups in total. The lowest BCUT2D eigenvalue weighted by Crippen LogP contribution is -2.16. The van der Waals surface area contributed by atoms with E-state index < -0.39 is 0 Å². The van der Waals surface area contributed by atoms with Crippen molar-refractivity contribution in [2.75, 3.05) is 18.5 Å². The Kier molecular flexibility index (Phi) is 8.37. The number of thioether (sulfide) groups is 2. The van der Waals surface area contributed by atoms with Gasteiger partial charge in [0.25, 0.3) is 0 Å². The smallest absolute Gasteiger partial charge is 0.101 e. The van der Waals surface area contributed by atoms with E-state index in [1.54, 1.807) is 35.8 Å². The van der Waals surface area contributed by atoms with Gasteiger partial charge in [0.05, 0.1) is 31.9 Å². The molecule has 0 bridgehead atoms. The topological polar surface area (TPSA) is 42.3 Å². The molecule has 0 aliphatic carbocycles. The second-order valence-electron chi connectivity index (χ2n) is 8.17. The zero-order chi connectivity index (χ0) is 25.7. The third kappa shape index (κ3) is 5.76. The Bertz CT molecular complexity index is 1350. The van der Waals surface area contributed by atoms with E-state index in [0.29, 0.717) is 12.1 Å². The average Bonchev–Trinajstić information content (AvgIpc) is 3.36. The van der Waals surface area contributed by atoms with Crippen LogP contribution in [0.5, 0.6) is 0 Å². The fourth-order valence-electron chi connectivity index (χ4n) is 3.82. The van der Waals surface area contributed by atoms with Crippen molar-refractivity contribution in [3.8, 4) is 6.07 Å². The summed E-state index contributed by atoms with van der Waals surface area (Å²) in [6.45, 7) is 12.1. The monoisotopic (exact) mass is 530 g/mol. The van der Waals surface area contributed by atoms with E-state index in [9.17, 15) is 5.26 Å². The minimum Gasteiger partial charge on any atom is -0.386 e. The summed E-state index contributed by atoms with van der Waals surface area (Å²) in [5, 5.41) is 15.6. The van der Waals surface area contributed by atoms with Crippen molar-refractivity contribution in [2.24, 2.45) is 0 Å². The van der Waals surface area contributed by atoms with E-state index >= 15 is 0 Å². The quantitative estimate of drug-likeness (QED) is 0.291. The molecule has 2 aliphatic rings. The Morgan fingerprint density at radius 3 is 2.67 bits per heavy atom. The van der Waals surface area contributed by atoms with Crippen LogP contribution < -0.4 is 10.2 Å². The molecule has 4 nitrogen and oxygen atoms in total. The third-order valence-corrected chi connectivity index (χ3v) is 8.45. The van der Waals surface area contributed by atoms with E-state index in [1.807, 2.05) is 54.6 Å². The van der Waals surface area contributed by atoms with Gasteiger partial charge in [-0.3, -0.25) is 0 Å². The second-order valence-corrected chi connectivity index (χ2v) is 10.7. The number of allylic oxidation sites excluding steroid dienone is 5. The first-order valence-corrected chi connectivity index (χ1v) is 13.5. The molecular weight excluding hydrogens is 504 g/mol. The van der Waals surface area contributed by atoms with Crippen LogP contribution in [0.4, 0.5) is 5.69 Å². The molecule has 2 aromatic rings. The van der Waals surface area contributed by atoms with Crippen molar-refractivity contribution in [2.45, 2.75) is 18.4 Å². The van der Waals surface area contributed by atoms with Crippen LogP contribution >= 0.6 is 35.1 Å². The zero-order valence-corrected chi connectivity index (χ0v) is 22.7. The maximum Gasteiger partial charge on any atom is 0.101 e. The van der Waals surface area contributed by atoms with Crippen LogP contribution in [-0.2, 0) is 6.54 Å². The van der Waals surface area contributed by atoms with Crippen molar-refractivity contribution >= 4 is 40.8 Å². The maximum atomic E-state index is 9.51. The summed E-state index contributed by atoms with van der Waals surface area (Å²) in [6, 6.07) is 18.3. The zero-order valence-electron chi connectivity index (χ0n) is 20.3. The Balaban J connectivity index is 1.48. The third-order valence-electron chi connectivity index (χ3n) is 5.69. The van der Waals surface area contributed by atoms with Crippen LogP contribution in [0.3, 0.4) is 0 Å². The maximum absolute atomic E-state index is 9.51. The number of nitriles is 1. The van der Waals surface area contributed by atoms with Gasteiger partial charge < -0.3 is 15.1 Å². The second kappa shape index (κ2) is 11.7. The molecule has 0 spiro atoms. The van der Waals surface area contributed by atoms with Gasteiger partial charge in [0.1, 0.15) is 6.07 Å². The summed E-state index contributed by atoms with van der Waals surface area (Å²) < 4.78 is 0. The predicted octanol–water partition coefficient (Wildman–Crippen LogP) is 7.78. The molecule has 2 heterocycles. The number of halogens is 1. The predicted molar refractivity (Wildman–Crippen MR) is 155 cm³/mol. The molecule has 1 saturated heterocycles. The van der Waals surface area contributed by atoms with Gasteiger partial charge in [0, 0.05) is 36.3 Å². The molecule has 0 radical (unpaired) electrons. The van der Waals surface area contributed by atoms with Gasteiger partial charge in [0.15, 0.2) is 0 Å². The number of rotatable bonds is 7. The highest BCUT2D eigenvalue weighted by Crippen LogP contribution is 2.54. The molecule has 4 rings (SSSR count). The highest BCUT2D eigenvalue weighted by Gasteiger charge is 2.33. The van der Waals surface area contributed by atoms with Crippen LogP contribution in [0.1, 0.15) is 12.5 Å². The molecule has 7 heteroatoms. The first-order valence-electron chi connectivity index (χ1n) is 11.5. The number of nitrogens with one attached hydrogen (secondary N) is 1. The number of benzene rings is 2. The molecule has 36 heavy (non-hydrogen) atoms. The van der Waals surface area contributed by atoms with E-state index in [2.05, 4.69) is 54.4 Å². The van der Waals surface area contributed by atoms with Crippen LogP contribution in [0.2, 0.25) is 5.02 Å². The molecule has 0 atom stereocenters. The Labute approximate surface area is 227 Å². The summed E-state index contributed by atoms with van der Waals surface area (Å²) in [5.74, 6) is 0. The van der Waals surface area contributed by atoms with Gasteiger partial charge in [-0.2, -0.15) is 5.26 Å². The van der Waals surface area contributed by atoms with Crippen molar-refractivity contribution < 1.29 is 0 Å². The minimum absolute atomic E-state index is 0.532. The number of fused-ring (bicyclic) bond motifs is 1. The van der Waals surface area contributed by atoms with Crippen molar-refractivity contribution in [3.63, 3.8) is 0 Å². The highest BCUT2D eigenvalue weighted by atomic mass is 35.5. The fraction of sp³-hybridized carbons (Fsp3) is 0.138. The lowest BCUT2D eigenvalue weighted by Gasteiger charge is -2.19. The van der Waals surface area contributed by atoms with E-state index in [1.165, 1.54) is 0 Å². The SMILES string of the molecule is C=C(/C=C\C(C#N)=C/NCc1ccccc1)/C=C1\S/C(=C2/Sc3cc(Cl)ccc3N2C)C(=C)N1CC. The van der Waals surface area contributed by atoms with Crippen molar-refractivity contribution in [1.82, 2.24) is 10.2 Å². The number of likely N-dealkylation sites (N-methyl/N-ethyl adjacent to an activating group) is 1. The van der Waals surface area contributed by atoms with Crippen LogP contribution in [0.25, 0.3) is 0 Å². The van der Waals surface area contributed by atoms with Gasteiger partial charge in [-0.1, -0.05) is 84.7 Å². The molecule has 2 aliphatic heterocycles. The molecule has 2 aromatic carbocycles. The molecule has 1 fully saturated rings. The van der Waals surface area contributed by atoms with Gasteiger partial charge in [-0.25, -0.2) is 0 Å². The highest BCUT2D eigenvalue weighted by molar-refractivity contribution is 8.09. The van der Waals surface area contributed by atoms with E-state index in [4.69, 9.17) is 11.6 Å². The molecule has 182 valence electrons. The van der Waals surface area contributed by atoms with Gasteiger partial charge in [-0.15, -0.1) is 0 Å². The first kappa shape index (κ1) is 25.8. The number of nitrogens with zero attached hydrogens (tertiary/aromatic N) is 3. The molecule has 0 amide bonds. The Morgan fingerprint density at radius 2 is 1.94 bits per heavy atom. The lowest BCUT2D eigenvalue weighted by molar-refractivity contribution is 0.504. The number of hydrogen-bond acceptors (Lipinski definition) is 6. The molecule has 0 aromatic heterocycles. The van der Waals surface area contributed by atoms with Crippen molar-refractivity contribution in [1.29, 1.82) is 5.26 Å². The first-order chi connectivity index (χ1) is 17.4. The number of hydrogen-bond donors (Lipinski definition) is 1. The van der Waals surface area contributed by atoms with Crippen molar-refractivity contribution in [3.05, 3.63) is 129 Å². The minimum atomic E-state index is 0.532. The Hall–Kier alpha value is -3.24. The lowest BCUT2D eigenvalue weighted by atomic mass is 10.2. The number of anilines is 1. The van der Waals surface area contributed by atoms with E-state index in [-0.39, 0.29) is 0 Å².